The van der Waals surface area contributed by atoms with Crippen LogP contribution in [0.1, 0.15) is 30.0 Å². The quantitative estimate of drug-likeness (QED) is 0.488. The minimum Gasteiger partial charge on any atom is -0.422 e. The molecule has 0 radical (unpaired) electrons. The highest BCUT2D eigenvalue weighted by Crippen LogP contribution is 2.13. The summed E-state index contributed by atoms with van der Waals surface area (Å²) >= 11 is 0. The molecule has 0 unspecified atom stereocenters. The summed E-state index contributed by atoms with van der Waals surface area (Å²) in [7, 11) is -1.83. The van der Waals surface area contributed by atoms with E-state index in [1.165, 1.54) is 11.0 Å². The number of carbonyl (C=O) groups is 2. The van der Waals surface area contributed by atoms with Crippen molar-refractivity contribution in [1.82, 2.24) is 10.2 Å². The summed E-state index contributed by atoms with van der Waals surface area (Å²) in [6.07, 6.45) is 3.34. The van der Waals surface area contributed by atoms with Crippen molar-refractivity contribution in [1.29, 1.82) is 0 Å². The predicted octanol–water partition coefficient (Wildman–Crippen LogP) is 1.20. The predicted molar refractivity (Wildman–Crippen MR) is 99.3 cm³/mol. The molecule has 0 aromatic heterocycles. The van der Waals surface area contributed by atoms with Crippen LogP contribution in [0.3, 0.4) is 0 Å². The summed E-state index contributed by atoms with van der Waals surface area (Å²) < 4.78 is 0. The number of hydrogen-bond acceptors (Lipinski definition) is 4. The number of carbonyl (C=O) groups excluding carboxylic acids is 2. The zero-order valence-corrected chi connectivity index (χ0v) is 15.0. The molecule has 25 heavy (non-hydrogen) atoms. The molecule has 1 rings (SSSR count). The van der Waals surface area contributed by atoms with Gasteiger partial charge < -0.3 is 20.3 Å². The summed E-state index contributed by atoms with van der Waals surface area (Å²) in [5.74, 6) is -0.854. The monoisotopic (exact) mass is 344 g/mol. The Morgan fingerprint density at radius 3 is 2.48 bits per heavy atom. The lowest BCUT2D eigenvalue weighted by molar-refractivity contribution is -0.132. The lowest BCUT2D eigenvalue weighted by Crippen LogP contribution is -2.42. The van der Waals surface area contributed by atoms with E-state index in [0.29, 0.717) is 13.0 Å². The fourth-order valence-electron chi connectivity index (χ4n) is 2.25. The normalized spacial score (nSPS) is 11.0. The van der Waals surface area contributed by atoms with Gasteiger partial charge in [0.2, 0.25) is 11.8 Å². The van der Waals surface area contributed by atoms with Crippen molar-refractivity contribution in [3.63, 3.8) is 0 Å². The first-order valence-corrected chi connectivity index (χ1v) is 8.14. The van der Waals surface area contributed by atoms with Crippen LogP contribution >= 0.6 is 0 Å². The van der Waals surface area contributed by atoms with Gasteiger partial charge in [0.15, 0.2) is 0 Å². The topological polar surface area (TPSA) is 89.9 Å². The van der Waals surface area contributed by atoms with Gasteiger partial charge in [-0.2, -0.15) is 0 Å². The standard InChI is InChI=1S/C18H25BN2O4/c1-5-9-21(18(23)6-2)12-17(22)20-16(19(24)25)11-15-8-7-13(3)14(4)10-15/h6-8,10-11,24-25H,2,5,9,12H2,1,3-4H3,(H,20,22)/b16-11+. The average Bonchev–Trinajstić information content (AvgIpc) is 2.56. The van der Waals surface area contributed by atoms with Crippen molar-refractivity contribution in [2.45, 2.75) is 27.2 Å². The minimum atomic E-state index is -1.83. The molecule has 0 aliphatic carbocycles. The van der Waals surface area contributed by atoms with Crippen LogP contribution in [0, 0.1) is 13.8 Å². The Morgan fingerprint density at radius 2 is 1.96 bits per heavy atom. The van der Waals surface area contributed by atoms with E-state index in [2.05, 4.69) is 11.9 Å². The van der Waals surface area contributed by atoms with Gasteiger partial charge >= 0.3 is 7.12 Å². The van der Waals surface area contributed by atoms with Gasteiger partial charge in [0.25, 0.3) is 0 Å². The number of nitrogens with zero attached hydrogens (tertiary/aromatic N) is 1. The molecule has 0 heterocycles. The molecule has 0 atom stereocenters. The molecule has 0 saturated carbocycles. The van der Waals surface area contributed by atoms with Gasteiger partial charge in [-0.15, -0.1) is 0 Å². The Hall–Kier alpha value is -2.38. The molecule has 0 saturated heterocycles. The minimum absolute atomic E-state index is 0.0456. The zero-order valence-electron chi connectivity index (χ0n) is 15.0. The van der Waals surface area contributed by atoms with Crippen LogP contribution in [0.2, 0.25) is 0 Å². The first-order valence-electron chi connectivity index (χ1n) is 8.14. The molecule has 1 aromatic rings. The first-order chi connectivity index (χ1) is 11.8. The lowest BCUT2D eigenvalue weighted by atomic mass is 9.84. The largest absolute Gasteiger partial charge is 0.505 e. The van der Waals surface area contributed by atoms with E-state index in [4.69, 9.17) is 0 Å². The van der Waals surface area contributed by atoms with E-state index >= 15 is 0 Å². The van der Waals surface area contributed by atoms with E-state index in [1.54, 1.807) is 0 Å². The van der Waals surface area contributed by atoms with Crippen LogP contribution in [0.5, 0.6) is 0 Å². The SMILES string of the molecule is C=CC(=O)N(CCC)CC(=O)N/C(=C/c1ccc(C)c(C)c1)B(O)O. The van der Waals surface area contributed by atoms with Crippen LogP contribution in [-0.2, 0) is 9.59 Å². The molecular weight excluding hydrogens is 319 g/mol. The number of hydrogen-bond donors (Lipinski definition) is 3. The van der Waals surface area contributed by atoms with Gasteiger partial charge in [-0.25, -0.2) is 0 Å². The van der Waals surface area contributed by atoms with Crippen molar-refractivity contribution >= 4 is 25.0 Å². The number of aryl methyl sites for hydroxylation is 2. The molecule has 0 aliphatic rings. The van der Waals surface area contributed by atoms with Crippen LogP contribution in [0.4, 0.5) is 0 Å². The van der Waals surface area contributed by atoms with Gasteiger partial charge in [-0.05, 0) is 49.1 Å². The molecule has 6 nitrogen and oxygen atoms in total. The van der Waals surface area contributed by atoms with E-state index in [1.807, 2.05) is 39.0 Å². The van der Waals surface area contributed by atoms with Crippen molar-refractivity contribution in [3.05, 3.63) is 53.1 Å². The van der Waals surface area contributed by atoms with E-state index < -0.39 is 13.0 Å². The Morgan fingerprint density at radius 1 is 1.28 bits per heavy atom. The maximum absolute atomic E-state index is 12.2. The summed E-state index contributed by atoms with van der Waals surface area (Å²) in [5.41, 5.74) is 2.86. The van der Waals surface area contributed by atoms with E-state index in [-0.39, 0.29) is 18.0 Å². The van der Waals surface area contributed by atoms with Crippen LogP contribution in [0.15, 0.2) is 36.5 Å². The Kier molecular flexibility index (Phi) is 8.11. The van der Waals surface area contributed by atoms with E-state index in [0.717, 1.165) is 22.8 Å². The van der Waals surface area contributed by atoms with Gasteiger partial charge in [-0.3, -0.25) is 9.59 Å². The third-order valence-corrected chi connectivity index (χ3v) is 3.73. The van der Waals surface area contributed by atoms with Gasteiger partial charge in [0.05, 0.1) is 0 Å². The van der Waals surface area contributed by atoms with Crippen molar-refractivity contribution < 1.29 is 19.6 Å². The second-order valence-corrected chi connectivity index (χ2v) is 5.83. The fraction of sp³-hybridized carbons (Fsp3) is 0.333. The molecule has 0 aliphatic heterocycles. The number of amides is 2. The second-order valence-electron chi connectivity index (χ2n) is 5.83. The van der Waals surface area contributed by atoms with Crippen molar-refractivity contribution in [3.8, 4) is 0 Å². The molecule has 3 N–H and O–H groups in total. The highest BCUT2D eigenvalue weighted by molar-refractivity contribution is 6.52. The van der Waals surface area contributed by atoms with Gasteiger partial charge in [-0.1, -0.05) is 31.7 Å². The Balaban J connectivity index is 2.91. The van der Waals surface area contributed by atoms with Gasteiger partial charge in [0, 0.05) is 12.1 Å². The summed E-state index contributed by atoms with van der Waals surface area (Å²) in [6, 6.07) is 5.62. The summed E-state index contributed by atoms with van der Waals surface area (Å²) in [6.45, 7) is 9.46. The molecule has 134 valence electrons. The molecule has 7 heteroatoms. The third-order valence-electron chi connectivity index (χ3n) is 3.73. The summed E-state index contributed by atoms with van der Waals surface area (Å²) in [4.78, 5) is 25.3. The zero-order chi connectivity index (χ0) is 19.0. The molecule has 0 spiro atoms. The smallest absolute Gasteiger partial charge is 0.422 e. The highest BCUT2D eigenvalue weighted by Gasteiger charge is 2.20. The third kappa shape index (κ3) is 6.56. The summed E-state index contributed by atoms with van der Waals surface area (Å²) in [5, 5.41) is 21.5. The Labute approximate surface area is 149 Å². The molecule has 1 aromatic carbocycles. The number of nitrogens with one attached hydrogen (secondary N) is 1. The molecular formula is C18H25BN2O4. The lowest BCUT2D eigenvalue weighted by Gasteiger charge is -2.20. The van der Waals surface area contributed by atoms with Crippen molar-refractivity contribution in [2.24, 2.45) is 0 Å². The van der Waals surface area contributed by atoms with Crippen LogP contribution < -0.4 is 5.32 Å². The van der Waals surface area contributed by atoms with Crippen LogP contribution in [-0.4, -0.2) is 47.0 Å². The van der Waals surface area contributed by atoms with Crippen LogP contribution in [0.25, 0.3) is 6.08 Å². The first kappa shape index (κ1) is 20.7. The van der Waals surface area contributed by atoms with Crippen molar-refractivity contribution in [2.75, 3.05) is 13.1 Å². The molecule has 2 amide bonds. The maximum atomic E-state index is 12.2. The number of rotatable bonds is 8. The second kappa shape index (κ2) is 9.81. The molecule has 0 fully saturated rings. The molecule has 0 bridgehead atoms. The fourth-order valence-corrected chi connectivity index (χ4v) is 2.25. The van der Waals surface area contributed by atoms with Gasteiger partial charge in [0.1, 0.15) is 6.54 Å². The number of benzene rings is 1. The maximum Gasteiger partial charge on any atom is 0.505 e. The van der Waals surface area contributed by atoms with E-state index in [9.17, 15) is 19.6 Å². The highest BCUT2D eigenvalue weighted by atomic mass is 16.4. The Bertz CT molecular complexity index is 671. The average molecular weight is 344 g/mol.